The van der Waals surface area contributed by atoms with Crippen LogP contribution in [-0.4, -0.2) is 78.1 Å². The number of fused-ring (bicyclic) bond motifs is 4. The van der Waals surface area contributed by atoms with Gasteiger partial charge in [-0.1, -0.05) is 57.9 Å². The largest absolute Gasteiger partial charge is 0.475 e. The van der Waals surface area contributed by atoms with Crippen LogP contribution in [0.2, 0.25) is 0 Å². The number of methoxy groups -OCH3 is 1. The van der Waals surface area contributed by atoms with E-state index in [2.05, 4.69) is 45.3 Å². The van der Waals surface area contributed by atoms with Crippen molar-refractivity contribution in [3.63, 3.8) is 0 Å². The maximum atomic E-state index is 14.6. The highest BCUT2D eigenvalue weighted by atomic mass is 32.2. The van der Waals surface area contributed by atoms with Crippen molar-refractivity contribution in [3.05, 3.63) is 83.3 Å². The molecular weight excluding hydrogens is 679 g/mol. The molecule has 2 aromatic carbocycles. The van der Waals surface area contributed by atoms with Crippen LogP contribution >= 0.6 is 0 Å². The summed E-state index contributed by atoms with van der Waals surface area (Å²) in [5.74, 6) is 0.468. The molecule has 276 valence electrons. The molecule has 1 atom stereocenters. The van der Waals surface area contributed by atoms with E-state index < -0.39 is 16.1 Å². The molecule has 1 amide bonds. The van der Waals surface area contributed by atoms with E-state index in [1.54, 1.807) is 42.6 Å². The zero-order chi connectivity index (χ0) is 37.0. The fourth-order valence-electron chi connectivity index (χ4n) is 7.22. The van der Waals surface area contributed by atoms with Crippen molar-refractivity contribution in [2.75, 3.05) is 36.5 Å². The Labute approximate surface area is 307 Å². The summed E-state index contributed by atoms with van der Waals surface area (Å²) < 4.78 is 42.0. The summed E-state index contributed by atoms with van der Waals surface area (Å²) in [4.78, 5) is 37.3. The predicted octanol–water partition coefficient (Wildman–Crippen LogP) is 6.59. The van der Waals surface area contributed by atoms with Gasteiger partial charge in [0.25, 0.3) is 15.9 Å². The molecule has 1 N–H and O–H groups in total. The number of hydrogen-bond donors (Lipinski definition) is 1. The van der Waals surface area contributed by atoms with Crippen LogP contribution < -0.4 is 14.4 Å². The third kappa shape index (κ3) is 8.70. The highest BCUT2D eigenvalue weighted by Gasteiger charge is 2.32. The first-order chi connectivity index (χ1) is 24.8. The maximum absolute atomic E-state index is 14.6. The summed E-state index contributed by atoms with van der Waals surface area (Å²) in [6, 6.07) is 13.6. The quantitative estimate of drug-likeness (QED) is 0.201. The molecule has 1 aliphatic carbocycles. The van der Waals surface area contributed by atoms with Crippen LogP contribution in [0, 0.1) is 19.3 Å². The summed E-state index contributed by atoms with van der Waals surface area (Å²) in [5, 5.41) is 0. The van der Waals surface area contributed by atoms with Crippen molar-refractivity contribution in [2.24, 2.45) is 5.41 Å². The number of aromatic nitrogens is 4. The third-order valence-electron chi connectivity index (χ3n) is 9.63. The van der Waals surface area contributed by atoms with Crippen LogP contribution in [0.3, 0.4) is 0 Å². The lowest BCUT2D eigenvalue weighted by atomic mass is 9.87. The number of rotatable bonds is 9. The number of sulfonamides is 1. The SMILES string of the molecule is COCCN(c1cncc(CN2C(=O)c3cccc(c3)S(=O)(=O)Nc3nc(cc(-c4c(C)cccc4C)n3)OC[C@H]2CC(C)(C)C)n1)C1CCCC1. The van der Waals surface area contributed by atoms with Gasteiger partial charge < -0.3 is 19.3 Å². The van der Waals surface area contributed by atoms with E-state index in [1.165, 1.54) is 25.0 Å². The molecule has 6 rings (SSSR count). The van der Waals surface area contributed by atoms with Gasteiger partial charge >= 0.3 is 0 Å². The second-order valence-electron chi connectivity index (χ2n) is 15.0. The molecule has 3 heterocycles. The lowest BCUT2D eigenvalue weighted by molar-refractivity contribution is 0.0509. The van der Waals surface area contributed by atoms with Crippen LogP contribution in [0.1, 0.15) is 80.1 Å². The zero-order valence-corrected chi connectivity index (χ0v) is 31.7. The lowest BCUT2D eigenvalue weighted by Crippen LogP contribution is -2.45. The van der Waals surface area contributed by atoms with Gasteiger partial charge in [-0.15, -0.1) is 0 Å². The van der Waals surface area contributed by atoms with E-state index in [1.807, 2.05) is 32.0 Å². The van der Waals surface area contributed by atoms with Crippen LogP contribution in [0.4, 0.5) is 11.8 Å². The monoisotopic (exact) mass is 727 g/mol. The van der Waals surface area contributed by atoms with Gasteiger partial charge in [0.1, 0.15) is 12.4 Å². The van der Waals surface area contributed by atoms with E-state index in [0.29, 0.717) is 37.0 Å². The van der Waals surface area contributed by atoms with Crippen molar-refractivity contribution in [3.8, 4) is 17.1 Å². The number of carbonyl (C=O) groups is 1. The molecule has 52 heavy (non-hydrogen) atoms. The number of nitrogens with zero attached hydrogens (tertiary/aromatic N) is 6. The Morgan fingerprint density at radius 3 is 2.44 bits per heavy atom. The average molecular weight is 728 g/mol. The lowest BCUT2D eigenvalue weighted by Gasteiger charge is -2.36. The van der Waals surface area contributed by atoms with Crippen molar-refractivity contribution in [2.45, 2.75) is 90.2 Å². The topological polar surface area (TPSA) is 140 Å². The second kappa shape index (κ2) is 15.5. The molecule has 4 bridgehead atoms. The van der Waals surface area contributed by atoms with Gasteiger partial charge in [0.05, 0.1) is 47.9 Å². The van der Waals surface area contributed by atoms with Crippen molar-refractivity contribution in [1.29, 1.82) is 0 Å². The number of carbonyl (C=O) groups excluding carboxylic acids is 1. The second-order valence-corrected chi connectivity index (χ2v) is 16.7. The molecule has 0 radical (unpaired) electrons. The van der Waals surface area contributed by atoms with Crippen LogP contribution in [0.15, 0.2) is 65.8 Å². The fraction of sp³-hybridized carbons (Fsp3) is 0.462. The average Bonchev–Trinajstić information content (AvgIpc) is 3.63. The smallest absolute Gasteiger partial charge is 0.264 e. The minimum absolute atomic E-state index is 0.0828. The molecule has 13 heteroatoms. The third-order valence-corrected chi connectivity index (χ3v) is 11.0. The normalized spacial score (nSPS) is 17.8. The number of benzene rings is 2. The maximum Gasteiger partial charge on any atom is 0.264 e. The van der Waals surface area contributed by atoms with Gasteiger partial charge in [-0.05, 0) is 67.9 Å². The van der Waals surface area contributed by atoms with Gasteiger partial charge in [-0.2, -0.15) is 4.98 Å². The summed E-state index contributed by atoms with van der Waals surface area (Å²) in [5.41, 5.74) is 3.96. The number of ether oxygens (including phenoxy) is 2. The molecule has 2 aliphatic rings. The summed E-state index contributed by atoms with van der Waals surface area (Å²) in [6.07, 6.45) is 8.53. The van der Waals surface area contributed by atoms with Gasteiger partial charge in [0.15, 0.2) is 0 Å². The highest BCUT2D eigenvalue weighted by Crippen LogP contribution is 2.32. The van der Waals surface area contributed by atoms with E-state index in [4.69, 9.17) is 14.5 Å². The number of aryl methyl sites for hydroxylation is 2. The van der Waals surface area contributed by atoms with Gasteiger partial charge in [0.2, 0.25) is 11.8 Å². The molecule has 0 saturated heterocycles. The van der Waals surface area contributed by atoms with Crippen LogP contribution in [-0.2, 0) is 21.3 Å². The molecule has 1 aliphatic heterocycles. The minimum Gasteiger partial charge on any atom is -0.475 e. The van der Waals surface area contributed by atoms with E-state index >= 15 is 0 Å². The first-order valence-corrected chi connectivity index (χ1v) is 19.4. The fourth-order valence-corrected chi connectivity index (χ4v) is 8.21. The van der Waals surface area contributed by atoms with Crippen molar-refractivity contribution >= 4 is 27.7 Å². The van der Waals surface area contributed by atoms with E-state index in [0.717, 1.165) is 35.3 Å². The van der Waals surface area contributed by atoms with E-state index in [-0.39, 0.29) is 46.8 Å². The Kier molecular flexibility index (Phi) is 11.1. The van der Waals surface area contributed by atoms with Crippen molar-refractivity contribution in [1.82, 2.24) is 24.8 Å². The number of nitrogens with one attached hydrogen (secondary N) is 1. The number of anilines is 2. The first-order valence-electron chi connectivity index (χ1n) is 17.9. The Bertz CT molecular complexity index is 1990. The molecule has 4 aromatic rings. The Morgan fingerprint density at radius 1 is 1.00 bits per heavy atom. The van der Waals surface area contributed by atoms with Gasteiger partial charge in [-0.25, -0.2) is 23.1 Å². The van der Waals surface area contributed by atoms with Crippen LogP contribution in [0.5, 0.6) is 5.88 Å². The molecule has 0 unspecified atom stereocenters. The standard InChI is InChI=1S/C39H49N7O5S/c1-26-11-9-12-27(2)36(26)33-20-35-43-38(42-33)44-52(48,49)32-16-10-13-28(19-32)37(47)46(31(25-51-35)21-39(3,4)5)24-29-22-40-23-34(41-29)45(17-18-50-6)30-14-7-8-15-30/h9-13,16,19-20,22-23,30-31H,7-8,14-15,17-18,21,24-25H2,1-6H3,(H,42,43,44)/t31-/m1/s1. The van der Waals surface area contributed by atoms with Gasteiger partial charge in [0, 0.05) is 36.9 Å². The molecule has 1 fully saturated rings. The first kappa shape index (κ1) is 37.1. The summed E-state index contributed by atoms with van der Waals surface area (Å²) >= 11 is 0. The molecular formula is C39H49N7O5S. The van der Waals surface area contributed by atoms with Gasteiger partial charge in [-0.3, -0.25) is 9.78 Å². The summed E-state index contributed by atoms with van der Waals surface area (Å²) in [7, 11) is -2.50. The predicted molar refractivity (Wildman–Crippen MR) is 201 cm³/mol. The Hall–Kier alpha value is -4.62. The minimum atomic E-state index is -4.19. The highest BCUT2D eigenvalue weighted by molar-refractivity contribution is 7.92. The Balaban J connectivity index is 1.45. The van der Waals surface area contributed by atoms with E-state index in [9.17, 15) is 13.2 Å². The summed E-state index contributed by atoms with van der Waals surface area (Å²) in [6.45, 7) is 11.8. The number of hydrogen-bond acceptors (Lipinski definition) is 10. The molecule has 2 aromatic heterocycles. The Morgan fingerprint density at radius 2 is 1.73 bits per heavy atom. The van der Waals surface area contributed by atoms with Crippen LogP contribution in [0.25, 0.3) is 11.3 Å². The molecule has 1 saturated carbocycles. The zero-order valence-electron chi connectivity index (χ0n) is 30.9. The van der Waals surface area contributed by atoms with Crippen molar-refractivity contribution < 1.29 is 22.7 Å². The molecule has 0 spiro atoms. The number of amides is 1. The molecule has 12 nitrogen and oxygen atoms in total.